The number of carboxylic acids is 1. The number of rotatable bonds is 10. The maximum atomic E-state index is 12.4. The summed E-state index contributed by atoms with van der Waals surface area (Å²) in [7, 11) is 0. The van der Waals surface area contributed by atoms with E-state index >= 15 is 0 Å². The molecule has 1 aromatic carbocycles. The van der Waals surface area contributed by atoms with Crippen LogP contribution in [0.1, 0.15) is 47.7 Å². The molecule has 0 unspecified atom stereocenters. The maximum absolute atomic E-state index is 12.4. The van der Waals surface area contributed by atoms with Gasteiger partial charge < -0.3 is 19.9 Å². The van der Waals surface area contributed by atoms with E-state index in [-0.39, 0.29) is 5.91 Å². The van der Waals surface area contributed by atoms with Gasteiger partial charge in [0.2, 0.25) is 0 Å². The Morgan fingerprint density at radius 1 is 1.26 bits per heavy atom. The molecule has 146 valence electrons. The van der Waals surface area contributed by atoms with Gasteiger partial charge in [-0.05, 0) is 25.1 Å². The first-order valence-corrected chi connectivity index (χ1v) is 9.62. The van der Waals surface area contributed by atoms with Crippen molar-refractivity contribution in [2.45, 2.75) is 33.1 Å². The smallest absolute Gasteiger partial charge is 0.341 e. The highest BCUT2D eigenvalue weighted by Gasteiger charge is 2.13. The predicted molar refractivity (Wildman–Crippen MR) is 103 cm³/mol. The zero-order chi connectivity index (χ0) is 19.8. The van der Waals surface area contributed by atoms with Crippen LogP contribution in [0.15, 0.2) is 23.6 Å². The van der Waals surface area contributed by atoms with Gasteiger partial charge in [-0.15, -0.1) is 11.3 Å². The second-order valence-electron chi connectivity index (χ2n) is 6.11. The molecule has 0 bridgehead atoms. The Kier molecular flexibility index (Phi) is 7.60. The molecule has 0 aliphatic carbocycles. The van der Waals surface area contributed by atoms with Crippen LogP contribution in [0.4, 0.5) is 0 Å². The fraction of sp³-hybridized carbons (Fsp3) is 0.421. The third kappa shape index (κ3) is 6.25. The number of carbonyl (C=O) groups excluding carboxylic acids is 1. The number of nitrogens with zero attached hydrogens (tertiary/aromatic N) is 1. The summed E-state index contributed by atoms with van der Waals surface area (Å²) < 4.78 is 10.6. The number of ether oxygens (including phenoxy) is 2. The Morgan fingerprint density at radius 3 is 2.67 bits per heavy atom. The summed E-state index contributed by atoms with van der Waals surface area (Å²) in [4.78, 5) is 27.6. The van der Waals surface area contributed by atoms with Crippen molar-refractivity contribution >= 4 is 23.2 Å². The van der Waals surface area contributed by atoms with E-state index in [1.54, 1.807) is 30.4 Å². The van der Waals surface area contributed by atoms with Gasteiger partial charge in [0, 0.05) is 29.8 Å². The Bertz CT molecular complexity index is 788. The molecule has 0 saturated carbocycles. The van der Waals surface area contributed by atoms with E-state index < -0.39 is 12.6 Å². The fourth-order valence-corrected chi connectivity index (χ4v) is 3.15. The van der Waals surface area contributed by atoms with E-state index in [1.807, 2.05) is 5.38 Å². The van der Waals surface area contributed by atoms with E-state index in [1.165, 1.54) is 6.07 Å². The van der Waals surface area contributed by atoms with Gasteiger partial charge >= 0.3 is 5.97 Å². The Hall–Kier alpha value is -2.61. The number of benzene rings is 1. The topological polar surface area (TPSA) is 97.8 Å². The molecule has 2 N–H and O–H groups in total. The number of hydrogen-bond donors (Lipinski definition) is 2. The van der Waals surface area contributed by atoms with E-state index in [0.29, 0.717) is 42.6 Å². The summed E-state index contributed by atoms with van der Waals surface area (Å²) in [5.41, 5.74) is 1.39. The number of hydrogen-bond acceptors (Lipinski definition) is 6. The largest absolute Gasteiger partial charge is 0.490 e. The third-order valence-electron chi connectivity index (χ3n) is 3.59. The highest BCUT2D eigenvalue weighted by molar-refractivity contribution is 7.09. The quantitative estimate of drug-likeness (QED) is 0.645. The van der Waals surface area contributed by atoms with Crippen molar-refractivity contribution in [3.05, 3.63) is 39.8 Å². The molecule has 8 heteroatoms. The Labute approximate surface area is 162 Å². The lowest BCUT2D eigenvalue weighted by atomic mass is 10.2. The molecule has 0 saturated heterocycles. The van der Waals surface area contributed by atoms with Gasteiger partial charge in [-0.2, -0.15) is 0 Å². The van der Waals surface area contributed by atoms with E-state index in [0.717, 1.165) is 10.7 Å². The highest BCUT2D eigenvalue weighted by atomic mass is 32.1. The van der Waals surface area contributed by atoms with Crippen LogP contribution in [-0.2, 0) is 11.2 Å². The number of nitrogens with one attached hydrogen (secondary N) is 1. The normalized spacial score (nSPS) is 10.7. The molecule has 1 aromatic heterocycles. The van der Waals surface area contributed by atoms with E-state index in [4.69, 9.17) is 14.6 Å². The first-order valence-electron chi connectivity index (χ1n) is 8.74. The monoisotopic (exact) mass is 392 g/mol. The van der Waals surface area contributed by atoms with Gasteiger partial charge in [0.15, 0.2) is 18.1 Å². The summed E-state index contributed by atoms with van der Waals surface area (Å²) in [5.74, 6) is -0.286. The number of thiazole rings is 1. The van der Waals surface area contributed by atoms with Crippen molar-refractivity contribution < 1.29 is 24.2 Å². The summed E-state index contributed by atoms with van der Waals surface area (Å²) in [5, 5.41) is 14.7. The van der Waals surface area contributed by atoms with Gasteiger partial charge in [0.1, 0.15) is 0 Å². The molecule has 1 heterocycles. The van der Waals surface area contributed by atoms with Crippen molar-refractivity contribution in [3.8, 4) is 11.5 Å². The minimum Gasteiger partial charge on any atom is -0.490 e. The first kappa shape index (κ1) is 20.7. The van der Waals surface area contributed by atoms with Crippen LogP contribution in [0, 0.1) is 0 Å². The van der Waals surface area contributed by atoms with Crippen LogP contribution < -0.4 is 14.8 Å². The molecule has 7 nitrogen and oxygen atoms in total. The zero-order valence-corrected chi connectivity index (χ0v) is 16.5. The van der Waals surface area contributed by atoms with Crippen LogP contribution in [0.5, 0.6) is 11.5 Å². The van der Waals surface area contributed by atoms with Crippen molar-refractivity contribution in [1.29, 1.82) is 0 Å². The minimum atomic E-state index is -1.08. The third-order valence-corrected chi connectivity index (χ3v) is 4.78. The molecular weight excluding hydrogens is 368 g/mol. The number of aromatic nitrogens is 1. The van der Waals surface area contributed by atoms with Gasteiger partial charge in [-0.3, -0.25) is 4.79 Å². The second kappa shape index (κ2) is 9.91. The molecule has 1 amide bonds. The fourth-order valence-electron chi connectivity index (χ4n) is 2.29. The lowest BCUT2D eigenvalue weighted by molar-refractivity contribution is -0.139. The van der Waals surface area contributed by atoms with Gasteiger partial charge in [-0.25, -0.2) is 9.78 Å². The number of carbonyl (C=O) groups is 2. The van der Waals surface area contributed by atoms with Gasteiger partial charge in [-0.1, -0.05) is 13.8 Å². The van der Waals surface area contributed by atoms with Crippen LogP contribution in [0.25, 0.3) is 0 Å². The van der Waals surface area contributed by atoms with E-state index in [9.17, 15) is 9.59 Å². The van der Waals surface area contributed by atoms with Crippen molar-refractivity contribution in [1.82, 2.24) is 10.3 Å². The lowest BCUT2D eigenvalue weighted by Crippen LogP contribution is -2.25. The lowest BCUT2D eigenvalue weighted by Gasteiger charge is -2.12. The standard InChI is InChI=1S/C19H24N2O5S/c1-4-25-16-9-13(5-6-15(16)26-10-17(22)23)18(24)20-8-7-14-11-27-19(21-14)12(2)3/h5-6,9,11-12H,4,7-8,10H2,1-3H3,(H,20,24)(H,22,23). The maximum Gasteiger partial charge on any atom is 0.341 e. The summed E-state index contributed by atoms with van der Waals surface area (Å²) in [6.07, 6.45) is 0.660. The molecule has 2 rings (SSSR count). The van der Waals surface area contributed by atoms with Crippen LogP contribution in [0.3, 0.4) is 0 Å². The second-order valence-corrected chi connectivity index (χ2v) is 7.00. The molecule has 0 atom stereocenters. The molecule has 2 aromatic rings. The molecular formula is C19H24N2O5S. The van der Waals surface area contributed by atoms with Crippen molar-refractivity contribution in [3.63, 3.8) is 0 Å². The molecule has 27 heavy (non-hydrogen) atoms. The predicted octanol–water partition coefficient (Wildman–Crippen LogP) is 3.10. The average molecular weight is 392 g/mol. The van der Waals surface area contributed by atoms with E-state index in [2.05, 4.69) is 24.1 Å². The summed E-state index contributed by atoms with van der Waals surface area (Å²) in [6, 6.07) is 4.67. The Balaban J connectivity index is 1.95. The van der Waals surface area contributed by atoms with Gasteiger partial charge in [0.25, 0.3) is 5.91 Å². The van der Waals surface area contributed by atoms with Crippen LogP contribution in [-0.4, -0.2) is 41.7 Å². The molecule has 0 aliphatic heterocycles. The molecule has 0 aliphatic rings. The summed E-state index contributed by atoms with van der Waals surface area (Å²) in [6.45, 7) is 6.37. The highest BCUT2D eigenvalue weighted by Crippen LogP contribution is 2.28. The number of amides is 1. The SMILES string of the molecule is CCOc1cc(C(=O)NCCc2csc(C(C)C)n2)ccc1OCC(=O)O. The number of aliphatic carboxylic acids is 1. The zero-order valence-electron chi connectivity index (χ0n) is 15.7. The molecule has 0 radical (unpaired) electrons. The van der Waals surface area contributed by atoms with Crippen molar-refractivity contribution in [2.75, 3.05) is 19.8 Å². The van der Waals surface area contributed by atoms with Gasteiger partial charge in [0.05, 0.1) is 17.3 Å². The van der Waals surface area contributed by atoms with Crippen molar-refractivity contribution in [2.24, 2.45) is 0 Å². The van der Waals surface area contributed by atoms with Crippen LogP contribution in [0.2, 0.25) is 0 Å². The molecule has 0 fully saturated rings. The first-order chi connectivity index (χ1) is 12.9. The number of carboxylic acid groups (broad SMARTS) is 1. The minimum absolute atomic E-state index is 0.236. The average Bonchev–Trinajstić information content (AvgIpc) is 3.10. The van der Waals surface area contributed by atoms with Crippen LogP contribution >= 0.6 is 11.3 Å². The Morgan fingerprint density at radius 2 is 2.04 bits per heavy atom. The molecule has 0 spiro atoms. The summed E-state index contributed by atoms with van der Waals surface area (Å²) >= 11 is 1.63.